The van der Waals surface area contributed by atoms with Gasteiger partial charge in [-0.1, -0.05) is 91.1 Å². The molecule has 3 atom stereocenters. The summed E-state index contributed by atoms with van der Waals surface area (Å²) in [5.74, 6) is -2.98. The highest BCUT2D eigenvalue weighted by molar-refractivity contribution is 6.03. The van der Waals surface area contributed by atoms with Gasteiger partial charge in [0.05, 0.1) is 25.6 Å². The molecule has 2 aliphatic rings. The highest BCUT2D eigenvalue weighted by Gasteiger charge is 2.44. The standard InChI is InChI=1S/C40H60N6O9/c1-39(2,3)28-21-35(51)46(38(28)54)18-12-8-11-15-31(47)41-22-32(48)42-24-34(50)45-29(19-26-13-9-7-10-14-26)37(53)43-23-33(49)44-25-55-30(20-27-16-17-27)36(52)40(4,5)6/h7,9-10,13-14,27-30H,8,11-12,15-25H2,1-6H3,(H,41,47)(H,42,48)(H,43,53)(H,44,49)(H,45,50)/t28?,29-,30+/m0/s1. The van der Waals surface area contributed by atoms with Crippen LogP contribution in [0, 0.1) is 22.7 Å². The molecule has 304 valence electrons. The molecular weight excluding hydrogens is 708 g/mol. The van der Waals surface area contributed by atoms with Gasteiger partial charge in [-0.2, -0.15) is 0 Å². The van der Waals surface area contributed by atoms with Crippen LogP contribution in [0.25, 0.3) is 0 Å². The molecule has 1 aromatic rings. The van der Waals surface area contributed by atoms with Gasteiger partial charge in [0.1, 0.15) is 18.9 Å². The van der Waals surface area contributed by atoms with Crippen LogP contribution in [0.15, 0.2) is 30.3 Å². The largest absolute Gasteiger partial charge is 0.350 e. The number of hydrogen-bond donors (Lipinski definition) is 5. The lowest BCUT2D eigenvalue weighted by atomic mass is 9.80. The molecule has 15 heteroatoms. The third-order valence-electron chi connectivity index (χ3n) is 9.65. The molecule has 7 amide bonds. The van der Waals surface area contributed by atoms with Crippen LogP contribution in [0.3, 0.4) is 0 Å². The lowest BCUT2D eigenvalue weighted by Gasteiger charge is -2.25. The van der Waals surface area contributed by atoms with E-state index >= 15 is 0 Å². The molecule has 0 aromatic heterocycles. The van der Waals surface area contributed by atoms with Gasteiger partial charge >= 0.3 is 0 Å². The van der Waals surface area contributed by atoms with Crippen LogP contribution in [0.4, 0.5) is 0 Å². The molecular formula is C40H60N6O9. The topological polar surface area (TPSA) is 209 Å². The molecule has 2 fully saturated rings. The number of nitrogens with one attached hydrogen (secondary N) is 5. The Labute approximate surface area is 324 Å². The molecule has 0 bridgehead atoms. The van der Waals surface area contributed by atoms with Crippen molar-refractivity contribution in [3.8, 4) is 0 Å². The van der Waals surface area contributed by atoms with Crippen molar-refractivity contribution < 1.29 is 43.1 Å². The maximum Gasteiger partial charge on any atom is 0.243 e. The smallest absolute Gasteiger partial charge is 0.243 e. The number of benzene rings is 1. The quantitative estimate of drug-likeness (QED) is 0.0662. The van der Waals surface area contributed by atoms with Crippen LogP contribution in [-0.4, -0.2) is 97.1 Å². The first-order chi connectivity index (χ1) is 25.8. The van der Waals surface area contributed by atoms with Crippen molar-refractivity contribution in [1.29, 1.82) is 0 Å². The maximum absolute atomic E-state index is 13.1. The van der Waals surface area contributed by atoms with Crippen molar-refractivity contribution in [3.63, 3.8) is 0 Å². The lowest BCUT2D eigenvalue weighted by Crippen LogP contribution is -2.52. The van der Waals surface area contributed by atoms with Crippen molar-refractivity contribution >= 4 is 47.1 Å². The van der Waals surface area contributed by atoms with E-state index in [1.165, 1.54) is 4.90 Å². The Morgan fingerprint density at radius 2 is 1.40 bits per heavy atom. The summed E-state index contributed by atoms with van der Waals surface area (Å²) in [5.41, 5.74) is -0.120. The summed E-state index contributed by atoms with van der Waals surface area (Å²) in [6.07, 6.45) is 4.28. The molecule has 0 radical (unpaired) electrons. The molecule has 0 spiro atoms. The van der Waals surface area contributed by atoms with E-state index in [0.29, 0.717) is 38.1 Å². The molecule has 1 saturated carbocycles. The Hall–Kier alpha value is -4.66. The van der Waals surface area contributed by atoms with Crippen molar-refractivity contribution in [2.45, 2.75) is 111 Å². The Bertz CT molecular complexity index is 1530. The molecule has 1 aliphatic heterocycles. The summed E-state index contributed by atoms with van der Waals surface area (Å²) in [6.45, 7) is 10.2. The minimum atomic E-state index is -1.07. The monoisotopic (exact) mass is 768 g/mol. The van der Waals surface area contributed by atoms with Crippen molar-refractivity contribution in [2.75, 3.05) is 32.9 Å². The zero-order chi connectivity index (χ0) is 40.8. The predicted octanol–water partition coefficient (Wildman–Crippen LogP) is 1.92. The van der Waals surface area contributed by atoms with Crippen LogP contribution in [-0.2, 0) is 49.5 Å². The number of ether oxygens (including phenoxy) is 1. The molecule has 15 nitrogen and oxygen atoms in total. The van der Waals surface area contributed by atoms with E-state index in [-0.39, 0.29) is 67.4 Å². The highest BCUT2D eigenvalue weighted by atomic mass is 16.5. The first kappa shape index (κ1) is 44.7. The molecule has 55 heavy (non-hydrogen) atoms. The number of ketones is 1. The van der Waals surface area contributed by atoms with Gasteiger partial charge in [0, 0.05) is 31.2 Å². The molecule has 1 heterocycles. The van der Waals surface area contributed by atoms with Crippen LogP contribution in [0.1, 0.15) is 98.5 Å². The van der Waals surface area contributed by atoms with Gasteiger partial charge < -0.3 is 31.3 Å². The fourth-order valence-electron chi connectivity index (χ4n) is 6.11. The average molecular weight is 769 g/mol. The summed E-state index contributed by atoms with van der Waals surface area (Å²) in [6, 6.07) is 7.90. The molecule has 1 saturated heterocycles. The number of amides is 7. The van der Waals surface area contributed by atoms with Gasteiger partial charge in [0.25, 0.3) is 0 Å². The Morgan fingerprint density at radius 1 is 0.782 bits per heavy atom. The summed E-state index contributed by atoms with van der Waals surface area (Å²) >= 11 is 0. The second kappa shape index (κ2) is 20.9. The van der Waals surface area contributed by atoms with Gasteiger partial charge in [0.15, 0.2) is 5.78 Å². The SMILES string of the molecule is CC(C)(C)C(=O)[C@@H](CC1CC1)OCNC(=O)CNC(=O)[C@H](Cc1ccccc1)NC(=O)CNC(=O)CNC(=O)CCCCCN1C(=O)CC(C(C)(C)C)C1=O. The predicted molar refractivity (Wildman–Crippen MR) is 204 cm³/mol. The third-order valence-corrected chi connectivity index (χ3v) is 9.65. The number of likely N-dealkylation sites (tertiary alicyclic amines) is 1. The van der Waals surface area contributed by atoms with E-state index in [2.05, 4.69) is 26.6 Å². The maximum atomic E-state index is 13.1. The number of nitrogens with zero attached hydrogens (tertiary/aromatic N) is 1. The number of Topliss-reactive ketones (excluding diaryl/α,β-unsaturated/α-hetero) is 1. The van der Waals surface area contributed by atoms with Gasteiger partial charge in [-0.05, 0) is 36.2 Å². The summed E-state index contributed by atoms with van der Waals surface area (Å²) in [7, 11) is 0. The molecule has 5 N–H and O–H groups in total. The van der Waals surface area contributed by atoms with E-state index < -0.39 is 54.3 Å². The van der Waals surface area contributed by atoms with E-state index in [1.807, 2.05) is 47.6 Å². The minimum Gasteiger partial charge on any atom is -0.350 e. The number of carbonyl (C=O) groups is 8. The Kier molecular flexibility index (Phi) is 17.0. The molecule has 1 aromatic carbocycles. The van der Waals surface area contributed by atoms with Crippen LogP contribution < -0.4 is 26.6 Å². The zero-order valence-corrected chi connectivity index (χ0v) is 33.2. The normalized spacial score (nSPS) is 16.9. The number of hydrogen-bond acceptors (Lipinski definition) is 9. The lowest BCUT2D eigenvalue weighted by molar-refractivity contribution is -0.141. The molecule has 1 unspecified atom stereocenters. The fourth-order valence-corrected chi connectivity index (χ4v) is 6.11. The number of unbranched alkanes of at least 4 members (excludes halogenated alkanes) is 2. The average Bonchev–Trinajstić information content (AvgIpc) is 3.89. The Morgan fingerprint density at radius 3 is 2.02 bits per heavy atom. The van der Waals surface area contributed by atoms with E-state index in [1.54, 1.807) is 24.3 Å². The first-order valence-corrected chi connectivity index (χ1v) is 19.3. The number of carbonyl (C=O) groups excluding carboxylic acids is 8. The highest BCUT2D eigenvalue weighted by Crippen LogP contribution is 2.36. The van der Waals surface area contributed by atoms with Crippen molar-refractivity contribution in [3.05, 3.63) is 35.9 Å². The fraction of sp³-hybridized carbons (Fsp3) is 0.650. The van der Waals surface area contributed by atoms with Crippen LogP contribution >= 0.6 is 0 Å². The number of rotatable bonds is 22. The molecule has 3 rings (SSSR count). The minimum absolute atomic E-state index is 0.0341. The first-order valence-electron chi connectivity index (χ1n) is 19.3. The second-order valence-electron chi connectivity index (χ2n) is 16.6. The number of imide groups is 1. The van der Waals surface area contributed by atoms with E-state index in [0.717, 1.165) is 18.4 Å². The van der Waals surface area contributed by atoms with E-state index in [4.69, 9.17) is 4.74 Å². The summed E-state index contributed by atoms with van der Waals surface area (Å²) in [5, 5.41) is 12.6. The zero-order valence-electron chi connectivity index (χ0n) is 33.2. The second-order valence-corrected chi connectivity index (χ2v) is 16.6. The van der Waals surface area contributed by atoms with Crippen LogP contribution in [0.5, 0.6) is 0 Å². The van der Waals surface area contributed by atoms with Gasteiger partial charge in [-0.3, -0.25) is 43.3 Å². The van der Waals surface area contributed by atoms with Gasteiger partial charge in [-0.25, -0.2) is 0 Å². The van der Waals surface area contributed by atoms with Crippen molar-refractivity contribution in [2.24, 2.45) is 22.7 Å². The van der Waals surface area contributed by atoms with Crippen molar-refractivity contribution in [1.82, 2.24) is 31.5 Å². The van der Waals surface area contributed by atoms with Gasteiger partial charge in [-0.15, -0.1) is 0 Å². The summed E-state index contributed by atoms with van der Waals surface area (Å²) < 4.78 is 5.74. The summed E-state index contributed by atoms with van der Waals surface area (Å²) in [4.78, 5) is 102. The van der Waals surface area contributed by atoms with E-state index in [9.17, 15) is 38.4 Å². The van der Waals surface area contributed by atoms with Crippen LogP contribution in [0.2, 0.25) is 0 Å². The molecule has 1 aliphatic carbocycles. The third kappa shape index (κ3) is 15.9. The van der Waals surface area contributed by atoms with Gasteiger partial charge in [0.2, 0.25) is 41.4 Å². The Balaban J connectivity index is 1.36.